The van der Waals surface area contributed by atoms with Gasteiger partial charge in [0.2, 0.25) is 0 Å². The van der Waals surface area contributed by atoms with Gasteiger partial charge >= 0.3 is 0 Å². The quantitative estimate of drug-likeness (QED) is 0.650. The first-order chi connectivity index (χ1) is 10.1. The monoisotopic (exact) mass is 408 g/mol. The second-order valence-corrected chi connectivity index (χ2v) is 6.38. The first-order valence-electron chi connectivity index (χ1n) is 6.32. The van der Waals surface area contributed by atoms with Crippen LogP contribution in [0.1, 0.15) is 17.3 Å². The molecule has 0 radical (unpaired) electrons. The molecule has 0 fully saturated rings. The summed E-state index contributed by atoms with van der Waals surface area (Å²) in [5.74, 6) is -0.355. The van der Waals surface area contributed by atoms with E-state index in [1.165, 1.54) is 0 Å². The minimum Gasteiger partial charge on any atom is -0.319 e. The Kier molecular flexibility index (Phi) is 4.06. The van der Waals surface area contributed by atoms with Gasteiger partial charge in [-0.2, -0.15) is 0 Å². The Hall–Kier alpha value is -1.30. The molecule has 0 aliphatic rings. The van der Waals surface area contributed by atoms with E-state index in [9.17, 15) is 4.39 Å². The molecule has 1 unspecified atom stereocenters. The summed E-state index contributed by atoms with van der Waals surface area (Å²) in [6.45, 7) is 0. The van der Waals surface area contributed by atoms with Crippen molar-refractivity contribution in [3.8, 4) is 0 Å². The summed E-state index contributed by atoms with van der Waals surface area (Å²) in [5, 5.41) is 1.01. The molecule has 3 aromatic rings. The van der Waals surface area contributed by atoms with Gasteiger partial charge in [-0.3, -0.25) is 0 Å². The van der Waals surface area contributed by atoms with Crippen molar-refractivity contribution in [1.29, 1.82) is 0 Å². The third-order valence-corrected chi connectivity index (χ3v) is 4.56. The Morgan fingerprint density at radius 1 is 1.00 bits per heavy atom. The zero-order chi connectivity index (χ0) is 15.0. The van der Waals surface area contributed by atoms with Crippen LogP contribution in [0.15, 0.2) is 57.5 Å². The Balaban J connectivity index is 2.15. The summed E-state index contributed by atoms with van der Waals surface area (Å²) in [6, 6.07) is 14.1. The number of halogens is 3. The lowest BCUT2D eigenvalue weighted by atomic mass is 10.0. The van der Waals surface area contributed by atoms with Gasteiger partial charge in [-0.05, 0) is 50.1 Å². The molecule has 0 amide bonds. The minimum absolute atomic E-state index is 0.355. The van der Waals surface area contributed by atoms with Gasteiger partial charge in [0, 0.05) is 15.4 Å². The standard InChI is InChI=1S/C16H11Br2FN2/c17-11-6-3-5-10(14(11)19)15(20)16-12(18)8-9-4-1-2-7-13(9)21-16/h1-8,15H,20H2. The number of hydrogen-bond acceptors (Lipinski definition) is 2. The lowest BCUT2D eigenvalue weighted by molar-refractivity contribution is 0.591. The molecule has 0 bridgehead atoms. The Morgan fingerprint density at radius 2 is 1.76 bits per heavy atom. The minimum atomic E-state index is -0.638. The van der Waals surface area contributed by atoms with Crippen LogP contribution >= 0.6 is 31.9 Å². The molecule has 0 aliphatic carbocycles. The molecule has 2 aromatic carbocycles. The number of nitrogens with zero attached hydrogens (tertiary/aromatic N) is 1. The van der Waals surface area contributed by atoms with Crippen molar-refractivity contribution < 1.29 is 4.39 Å². The van der Waals surface area contributed by atoms with E-state index in [2.05, 4.69) is 36.8 Å². The SMILES string of the molecule is NC(c1cccc(Br)c1F)c1nc2ccccc2cc1Br. The van der Waals surface area contributed by atoms with Crippen LogP contribution in [0.25, 0.3) is 10.9 Å². The molecule has 1 aromatic heterocycles. The second kappa shape index (κ2) is 5.83. The zero-order valence-corrected chi connectivity index (χ0v) is 14.0. The molecular weight excluding hydrogens is 399 g/mol. The molecule has 2 nitrogen and oxygen atoms in total. The van der Waals surface area contributed by atoms with E-state index in [0.717, 1.165) is 15.4 Å². The highest BCUT2D eigenvalue weighted by atomic mass is 79.9. The molecule has 1 heterocycles. The fraction of sp³-hybridized carbons (Fsp3) is 0.0625. The molecule has 106 valence electrons. The first-order valence-corrected chi connectivity index (χ1v) is 7.91. The molecule has 0 spiro atoms. The predicted octanol–water partition coefficient (Wildman–Crippen LogP) is 4.95. The number of fused-ring (bicyclic) bond motifs is 1. The highest BCUT2D eigenvalue weighted by Crippen LogP contribution is 2.31. The number of nitrogens with two attached hydrogens (primary N) is 1. The van der Waals surface area contributed by atoms with Gasteiger partial charge in [-0.1, -0.05) is 30.3 Å². The van der Waals surface area contributed by atoms with Gasteiger partial charge in [0.15, 0.2) is 0 Å². The average Bonchev–Trinajstić information content (AvgIpc) is 2.48. The average molecular weight is 410 g/mol. The second-order valence-electron chi connectivity index (χ2n) is 4.67. The van der Waals surface area contributed by atoms with Crippen LogP contribution in [-0.2, 0) is 0 Å². The van der Waals surface area contributed by atoms with Crippen LogP contribution in [0.5, 0.6) is 0 Å². The number of hydrogen-bond donors (Lipinski definition) is 1. The van der Waals surface area contributed by atoms with Crippen molar-refractivity contribution in [2.45, 2.75) is 6.04 Å². The van der Waals surface area contributed by atoms with Crippen molar-refractivity contribution in [2.75, 3.05) is 0 Å². The Morgan fingerprint density at radius 3 is 2.57 bits per heavy atom. The van der Waals surface area contributed by atoms with Crippen LogP contribution in [0.3, 0.4) is 0 Å². The largest absolute Gasteiger partial charge is 0.319 e. The fourth-order valence-corrected chi connectivity index (χ4v) is 3.19. The van der Waals surface area contributed by atoms with E-state index in [1.807, 2.05) is 30.3 Å². The molecule has 21 heavy (non-hydrogen) atoms. The molecule has 0 saturated heterocycles. The molecule has 1 atom stereocenters. The highest BCUT2D eigenvalue weighted by molar-refractivity contribution is 9.10. The Bertz CT molecular complexity index is 820. The van der Waals surface area contributed by atoms with Gasteiger partial charge in [0.05, 0.1) is 21.7 Å². The van der Waals surface area contributed by atoms with E-state index >= 15 is 0 Å². The summed E-state index contributed by atoms with van der Waals surface area (Å²) in [4.78, 5) is 4.57. The maximum absolute atomic E-state index is 14.2. The van der Waals surface area contributed by atoms with Crippen LogP contribution in [-0.4, -0.2) is 4.98 Å². The van der Waals surface area contributed by atoms with Crippen LogP contribution in [0.2, 0.25) is 0 Å². The summed E-state index contributed by atoms with van der Waals surface area (Å²) in [7, 11) is 0. The molecule has 0 aliphatic heterocycles. The fourth-order valence-electron chi connectivity index (χ4n) is 2.23. The van der Waals surface area contributed by atoms with E-state index in [-0.39, 0.29) is 5.82 Å². The van der Waals surface area contributed by atoms with Crippen molar-refractivity contribution >= 4 is 42.8 Å². The van der Waals surface area contributed by atoms with Crippen LogP contribution in [0.4, 0.5) is 4.39 Å². The first kappa shape index (κ1) is 14.6. The van der Waals surface area contributed by atoms with Gasteiger partial charge in [-0.15, -0.1) is 0 Å². The number of rotatable bonds is 2. The maximum Gasteiger partial charge on any atom is 0.142 e. The number of pyridine rings is 1. The number of benzene rings is 2. The van der Waals surface area contributed by atoms with Gasteiger partial charge in [-0.25, -0.2) is 9.37 Å². The van der Waals surface area contributed by atoms with Gasteiger partial charge in [0.25, 0.3) is 0 Å². The lowest BCUT2D eigenvalue weighted by Gasteiger charge is -2.15. The van der Waals surface area contributed by atoms with Gasteiger partial charge in [0.1, 0.15) is 5.82 Å². The smallest absolute Gasteiger partial charge is 0.142 e. The van der Waals surface area contributed by atoms with E-state index in [4.69, 9.17) is 5.73 Å². The van der Waals surface area contributed by atoms with Gasteiger partial charge < -0.3 is 5.73 Å². The molecule has 2 N–H and O–H groups in total. The van der Waals surface area contributed by atoms with E-state index in [0.29, 0.717) is 15.7 Å². The highest BCUT2D eigenvalue weighted by Gasteiger charge is 2.19. The van der Waals surface area contributed by atoms with Crippen molar-refractivity contribution in [2.24, 2.45) is 5.73 Å². The van der Waals surface area contributed by atoms with Crippen molar-refractivity contribution in [3.05, 3.63) is 74.6 Å². The summed E-state index contributed by atoms with van der Waals surface area (Å²) in [6.07, 6.45) is 0. The third kappa shape index (κ3) is 2.73. The third-order valence-electron chi connectivity index (χ3n) is 3.32. The normalized spacial score (nSPS) is 12.6. The molecular formula is C16H11Br2FN2. The van der Waals surface area contributed by atoms with Crippen molar-refractivity contribution in [3.63, 3.8) is 0 Å². The maximum atomic E-state index is 14.2. The summed E-state index contributed by atoms with van der Waals surface area (Å²) in [5.41, 5.74) is 8.09. The molecule has 0 saturated carbocycles. The summed E-state index contributed by atoms with van der Waals surface area (Å²) >= 11 is 6.66. The van der Waals surface area contributed by atoms with Crippen molar-refractivity contribution in [1.82, 2.24) is 4.98 Å². The number of aromatic nitrogens is 1. The van der Waals surface area contributed by atoms with Crippen LogP contribution in [0, 0.1) is 5.82 Å². The predicted molar refractivity (Wildman–Crippen MR) is 89.6 cm³/mol. The zero-order valence-electron chi connectivity index (χ0n) is 10.9. The number of para-hydroxylation sites is 1. The van der Waals surface area contributed by atoms with E-state index in [1.54, 1.807) is 18.2 Å². The van der Waals surface area contributed by atoms with Crippen LogP contribution < -0.4 is 5.73 Å². The molecule has 5 heteroatoms. The Labute approximate surface area is 138 Å². The van der Waals surface area contributed by atoms with E-state index < -0.39 is 6.04 Å². The summed E-state index contributed by atoms with van der Waals surface area (Å²) < 4.78 is 15.4. The topological polar surface area (TPSA) is 38.9 Å². The lowest BCUT2D eigenvalue weighted by Crippen LogP contribution is -2.16. The molecule has 3 rings (SSSR count).